The minimum atomic E-state index is 1.14. The van der Waals surface area contributed by atoms with Crippen LogP contribution in [-0.4, -0.2) is 0 Å². The summed E-state index contributed by atoms with van der Waals surface area (Å²) in [5, 5.41) is 0. The van der Waals surface area contributed by atoms with Crippen molar-refractivity contribution in [3.63, 3.8) is 0 Å². The van der Waals surface area contributed by atoms with Crippen molar-refractivity contribution in [2.45, 2.75) is 0 Å². The zero-order chi connectivity index (χ0) is 13.9. The van der Waals surface area contributed by atoms with E-state index in [-0.39, 0.29) is 0 Å². The Bertz CT molecular complexity index is 657. The topological polar surface area (TPSA) is 0 Å². The van der Waals surface area contributed by atoms with Crippen LogP contribution >= 0.6 is 38.5 Å². The Morgan fingerprint density at radius 2 is 1.10 bits per heavy atom. The summed E-state index contributed by atoms with van der Waals surface area (Å²) in [4.78, 5) is 0. The first-order valence-electron chi connectivity index (χ1n) is 6.35. The van der Waals surface area contributed by atoms with E-state index in [4.69, 9.17) is 0 Å². The van der Waals surface area contributed by atoms with E-state index in [9.17, 15) is 0 Å². The highest BCUT2D eigenvalue weighted by molar-refractivity contribution is 14.1. The average Bonchev–Trinajstić information content (AvgIpc) is 2.51. The van der Waals surface area contributed by atoms with E-state index in [1.165, 1.54) is 25.8 Å². The number of hydrogen-bond donors (Lipinski definition) is 0. The van der Waals surface area contributed by atoms with Crippen molar-refractivity contribution >= 4 is 38.5 Å². The molecular formula is C18H12BrI. The van der Waals surface area contributed by atoms with Gasteiger partial charge in [-0.2, -0.15) is 0 Å². The van der Waals surface area contributed by atoms with E-state index in [2.05, 4.69) is 105 Å². The van der Waals surface area contributed by atoms with Gasteiger partial charge in [0.05, 0.1) is 0 Å². The first-order chi connectivity index (χ1) is 9.75. The van der Waals surface area contributed by atoms with Crippen molar-refractivity contribution in [3.05, 3.63) is 80.8 Å². The fourth-order valence-electron chi connectivity index (χ4n) is 2.26. The van der Waals surface area contributed by atoms with Crippen molar-refractivity contribution < 1.29 is 0 Å². The van der Waals surface area contributed by atoms with Gasteiger partial charge < -0.3 is 0 Å². The average molecular weight is 435 g/mol. The molecule has 0 atom stereocenters. The summed E-state index contributed by atoms with van der Waals surface area (Å²) in [6.45, 7) is 0. The molecule has 3 aromatic carbocycles. The first-order valence-corrected chi connectivity index (χ1v) is 8.23. The van der Waals surface area contributed by atoms with E-state index in [0.29, 0.717) is 0 Å². The van der Waals surface area contributed by atoms with Crippen LogP contribution in [0, 0.1) is 3.57 Å². The van der Waals surface area contributed by atoms with Crippen molar-refractivity contribution in [2.24, 2.45) is 0 Å². The van der Waals surface area contributed by atoms with Crippen molar-refractivity contribution in [2.75, 3.05) is 0 Å². The lowest BCUT2D eigenvalue weighted by atomic mass is 9.95. The van der Waals surface area contributed by atoms with Gasteiger partial charge in [0, 0.05) is 8.04 Å². The molecule has 0 fully saturated rings. The number of hydrogen-bond acceptors (Lipinski definition) is 0. The molecule has 0 aliphatic carbocycles. The second-order valence-electron chi connectivity index (χ2n) is 4.54. The van der Waals surface area contributed by atoms with E-state index >= 15 is 0 Å². The van der Waals surface area contributed by atoms with Crippen LogP contribution in [0.2, 0.25) is 0 Å². The fourth-order valence-corrected chi connectivity index (χ4v) is 3.07. The van der Waals surface area contributed by atoms with Gasteiger partial charge in [0.25, 0.3) is 0 Å². The summed E-state index contributed by atoms with van der Waals surface area (Å²) in [6, 6.07) is 25.5. The van der Waals surface area contributed by atoms with Crippen molar-refractivity contribution in [3.8, 4) is 22.3 Å². The molecule has 0 unspecified atom stereocenters. The summed E-state index contributed by atoms with van der Waals surface area (Å²) >= 11 is 6.01. The van der Waals surface area contributed by atoms with Gasteiger partial charge in [-0.3, -0.25) is 0 Å². The Labute approximate surface area is 141 Å². The highest BCUT2D eigenvalue weighted by Crippen LogP contribution is 2.36. The van der Waals surface area contributed by atoms with Crippen LogP contribution in [0.4, 0.5) is 0 Å². The van der Waals surface area contributed by atoms with E-state index in [0.717, 1.165) is 4.47 Å². The Hall–Kier alpha value is -1.13. The monoisotopic (exact) mass is 434 g/mol. The zero-order valence-electron chi connectivity index (χ0n) is 10.7. The van der Waals surface area contributed by atoms with Crippen LogP contribution in [0.5, 0.6) is 0 Å². The minimum absolute atomic E-state index is 1.14. The predicted octanol–water partition coefficient (Wildman–Crippen LogP) is 6.39. The second kappa shape index (κ2) is 6.10. The highest BCUT2D eigenvalue weighted by atomic mass is 127. The van der Waals surface area contributed by atoms with Crippen LogP contribution in [0.15, 0.2) is 77.3 Å². The standard InChI is InChI=1S/C18H12BrI/c19-17-11-15(13-7-3-1-4-8-13)16(12-18(17)20)14-9-5-2-6-10-14/h1-12H. The maximum absolute atomic E-state index is 3.64. The largest absolute Gasteiger partial charge is 0.0622 e. The molecule has 3 aromatic rings. The van der Waals surface area contributed by atoms with E-state index in [1.807, 2.05) is 6.07 Å². The lowest BCUT2D eigenvalue weighted by Crippen LogP contribution is -1.88. The summed E-state index contributed by atoms with van der Waals surface area (Å²) < 4.78 is 2.36. The molecule has 0 aliphatic rings. The SMILES string of the molecule is Brc1cc(-c2ccccc2)c(-c2ccccc2)cc1I. The molecule has 0 aromatic heterocycles. The van der Waals surface area contributed by atoms with E-state index in [1.54, 1.807) is 0 Å². The Balaban J connectivity index is 2.26. The van der Waals surface area contributed by atoms with Gasteiger partial charge >= 0.3 is 0 Å². The van der Waals surface area contributed by atoms with Gasteiger partial charge in [-0.25, -0.2) is 0 Å². The van der Waals surface area contributed by atoms with Crippen LogP contribution in [-0.2, 0) is 0 Å². The molecule has 98 valence electrons. The molecule has 0 nitrogen and oxygen atoms in total. The normalized spacial score (nSPS) is 10.5. The Morgan fingerprint density at radius 3 is 1.60 bits per heavy atom. The molecule has 0 bridgehead atoms. The van der Waals surface area contributed by atoms with Crippen LogP contribution in [0.25, 0.3) is 22.3 Å². The van der Waals surface area contributed by atoms with Gasteiger partial charge in [0.15, 0.2) is 0 Å². The third kappa shape index (κ3) is 2.81. The van der Waals surface area contributed by atoms with Gasteiger partial charge in [-0.1, -0.05) is 60.7 Å². The molecule has 0 amide bonds. The lowest BCUT2D eigenvalue weighted by Gasteiger charge is -2.12. The predicted molar refractivity (Wildman–Crippen MR) is 97.7 cm³/mol. The van der Waals surface area contributed by atoms with Gasteiger partial charge in [-0.05, 0) is 72.9 Å². The molecule has 20 heavy (non-hydrogen) atoms. The third-order valence-electron chi connectivity index (χ3n) is 3.23. The number of rotatable bonds is 2. The number of benzene rings is 3. The quantitative estimate of drug-likeness (QED) is 0.410. The number of halogens is 2. The lowest BCUT2D eigenvalue weighted by molar-refractivity contribution is 1.53. The molecule has 0 spiro atoms. The molecule has 0 saturated heterocycles. The van der Waals surface area contributed by atoms with Crippen LogP contribution in [0.1, 0.15) is 0 Å². The maximum atomic E-state index is 3.64. The Morgan fingerprint density at radius 1 is 0.650 bits per heavy atom. The summed E-state index contributed by atoms with van der Waals surface area (Å²) in [6.07, 6.45) is 0. The maximum Gasteiger partial charge on any atom is 0.0315 e. The summed E-state index contributed by atoms with van der Waals surface area (Å²) in [7, 11) is 0. The second-order valence-corrected chi connectivity index (χ2v) is 6.56. The molecule has 3 rings (SSSR count). The highest BCUT2D eigenvalue weighted by Gasteiger charge is 2.10. The summed E-state index contributed by atoms with van der Waals surface area (Å²) in [5.41, 5.74) is 5.01. The van der Waals surface area contributed by atoms with Gasteiger partial charge in [0.2, 0.25) is 0 Å². The zero-order valence-corrected chi connectivity index (χ0v) is 14.4. The molecule has 0 radical (unpaired) electrons. The smallest absolute Gasteiger partial charge is 0.0315 e. The molecule has 0 aliphatic heterocycles. The molecule has 0 heterocycles. The molecular weight excluding hydrogens is 423 g/mol. The van der Waals surface area contributed by atoms with Crippen LogP contribution < -0.4 is 0 Å². The van der Waals surface area contributed by atoms with Gasteiger partial charge in [0.1, 0.15) is 0 Å². The first kappa shape index (κ1) is 13.8. The Kier molecular flexibility index (Phi) is 4.22. The van der Waals surface area contributed by atoms with E-state index < -0.39 is 0 Å². The van der Waals surface area contributed by atoms with Crippen LogP contribution in [0.3, 0.4) is 0 Å². The van der Waals surface area contributed by atoms with Gasteiger partial charge in [-0.15, -0.1) is 0 Å². The molecule has 2 heteroatoms. The third-order valence-corrected chi connectivity index (χ3v) is 5.52. The molecule has 0 N–H and O–H groups in total. The summed E-state index contributed by atoms with van der Waals surface area (Å²) in [5.74, 6) is 0. The molecule has 0 saturated carbocycles. The van der Waals surface area contributed by atoms with Crippen molar-refractivity contribution in [1.29, 1.82) is 0 Å². The van der Waals surface area contributed by atoms with Crippen molar-refractivity contribution in [1.82, 2.24) is 0 Å². The minimum Gasteiger partial charge on any atom is -0.0622 e. The fraction of sp³-hybridized carbons (Fsp3) is 0.